The number of pyridine rings is 1. The first-order chi connectivity index (χ1) is 12.2. The number of nitrogens with one attached hydrogen (secondary N) is 1. The second-order valence-corrected chi connectivity index (χ2v) is 6.51. The molecule has 126 valence electrons. The lowest BCUT2D eigenvalue weighted by Crippen LogP contribution is -2.30. The predicted molar refractivity (Wildman–Crippen MR) is 102 cm³/mol. The number of nitrogens with zero attached hydrogens (tertiary/aromatic N) is 2. The molecule has 0 aliphatic carbocycles. The molecule has 1 aliphatic rings. The van der Waals surface area contributed by atoms with Gasteiger partial charge in [-0.1, -0.05) is 36.4 Å². The van der Waals surface area contributed by atoms with Crippen molar-refractivity contribution in [1.29, 1.82) is 0 Å². The Labute approximate surface area is 147 Å². The minimum Gasteiger partial charge on any atom is -0.365 e. The number of hydrogen-bond donors (Lipinski definition) is 1. The van der Waals surface area contributed by atoms with Crippen LogP contribution in [0.15, 0.2) is 54.7 Å². The van der Waals surface area contributed by atoms with Crippen LogP contribution >= 0.6 is 0 Å². The highest BCUT2D eigenvalue weighted by atomic mass is 16.1. The van der Waals surface area contributed by atoms with Crippen LogP contribution in [0.25, 0.3) is 10.9 Å². The number of benzene rings is 2. The van der Waals surface area contributed by atoms with Crippen molar-refractivity contribution < 1.29 is 4.79 Å². The van der Waals surface area contributed by atoms with E-state index in [4.69, 9.17) is 0 Å². The van der Waals surface area contributed by atoms with Crippen LogP contribution < -0.4 is 10.2 Å². The molecule has 0 unspecified atom stereocenters. The van der Waals surface area contributed by atoms with Crippen molar-refractivity contribution in [3.8, 4) is 0 Å². The molecule has 4 heteroatoms. The Balaban J connectivity index is 1.74. The Morgan fingerprint density at radius 1 is 1.16 bits per heavy atom. The summed E-state index contributed by atoms with van der Waals surface area (Å²) in [4.78, 5) is 18.5. The van der Waals surface area contributed by atoms with E-state index in [1.165, 1.54) is 11.1 Å². The highest BCUT2D eigenvalue weighted by molar-refractivity contribution is 5.94. The molecule has 1 aromatic heterocycles. The van der Waals surface area contributed by atoms with E-state index in [0.29, 0.717) is 0 Å². The molecule has 0 bridgehead atoms. The van der Waals surface area contributed by atoms with Gasteiger partial charge in [0.1, 0.15) is 0 Å². The number of fused-ring (bicyclic) bond motifs is 2. The monoisotopic (exact) mass is 331 g/mol. The second kappa shape index (κ2) is 6.55. The molecule has 2 aromatic carbocycles. The van der Waals surface area contributed by atoms with Crippen molar-refractivity contribution in [1.82, 2.24) is 4.98 Å². The number of anilines is 2. The van der Waals surface area contributed by atoms with Crippen molar-refractivity contribution in [3.63, 3.8) is 0 Å². The Morgan fingerprint density at radius 3 is 2.88 bits per heavy atom. The number of rotatable bonds is 3. The smallest absolute Gasteiger partial charge is 0.221 e. The number of carbonyl (C=O) groups excluding carboxylic acids is 1. The van der Waals surface area contributed by atoms with Gasteiger partial charge in [-0.05, 0) is 36.1 Å². The fraction of sp³-hybridized carbons (Fsp3) is 0.238. The first kappa shape index (κ1) is 15.6. The van der Waals surface area contributed by atoms with Gasteiger partial charge in [0.15, 0.2) is 0 Å². The third-order valence-corrected chi connectivity index (χ3v) is 4.70. The van der Waals surface area contributed by atoms with Gasteiger partial charge in [-0.25, -0.2) is 0 Å². The van der Waals surface area contributed by atoms with E-state index >= 15 is 0 Å². The summed E-state index contributed by atoms with van der Waals surface area (Å²) in [5.41, 5.74) is 5.61. The topological polar surface area (TPSA) is 45.2 Å². The van der Waals surface area contributed by atoms with Crippen molar-refractivity contribution in [3.05, 3.63) is 65.9 Å². The second-order valence-electron chi connectivity index (χ2n) is 6.51. The van der Waals surface area contributed by atoms with Crippen LogP contribution in [0, 0.1) is 0 Å². The van der Waals surface area contributed by atoms with E-state index < -0.39 is 0 Å². The molecular formula is C21H21N3O. The van der Waals surface area contributed by atoms with Crippen LogP contribution in [-0.2, 0) is 17.8 Å². The summed E-state index contributed by atoms with van der Waals surface area (Å²) in [7, 11) is 0. The quantitative estimate of drug-likeness (QED) is 0.784. The SMILES string of the molecule is CC(=O)Nc1cccc2c1N(Cc1cccc3cccnc13)CCC2. The molecule has 1 amide bonds. The Morgan fingerprint density at radius 2 is 2.00 bits per heavy atom. The number of carbonyl (C=O) groups is 1. The molecular weight excluding hydrogens is 310 g/mol. The number of hydrogen-bond acceptors (Lipinski definition) is 3. The first-order valence-electron chi connectivity index (χ1n) is 8.69. The number of amides is 1. The minimum absolute atomic E-state index is 0.0363. The van der Waals surface area contributed by atoms with Gasteiger partial charge in [0, 0.05) is 31.6 Å². The number of aromatic nitrogens is 1. The van der Waals surface area contributed by atoms with E-state index in [1.807, 2.05) is 24.4 Å². The van der Waals surface area contributed by atoms with E-state index in [-0.39, 0.29) is 5.91 Å². The number of para-hydroxylation sites is 2. The Bertz CT molecular complexity index is 930. The van der Waals surface area contributed by atoms with Crippen LogP contribution in [0.3, 0.4) is 0 Å². The van der Waals surface area contributed by atoms with Gasteiger partial charge in [0.05, 0.1) is 16.9 Å². The van der Waals surface area contributed by atoms with E-state index in [1.54, 1.807) is 6.92 Å². The first-order valence-corrected chi connectivity index (χ1v) is 8.69. The molecule has 4 rings (SSSR count). The largest absolute Gasteiger partial charge is 0.365 e. The zero-order valence-corrected chi connectivity index (χ0v) is 14.3. The van der Waals surface area contributed by atoms with Crippen LogP contribution in [0.5, 0.6) is 0 Å². The van der Waals surface area contributed by atoms with Gasteiger partial charge in [0.2, 0.25) is 5.91 Å². The van der Waals surface area contributed by atoms with Gasteiger partial charge in [0.25, 0.3) is 0 Å². The van der Waals surface area contributed by atoms with Crippen molar-refractivity contribution in [2.45, 2.75) is 26.3 Å². The molecule has 0 fully saturated rings. The zero-order valence-electron chi connectivity index (χ0n) is 14.3. The average Bonchev–Trinajstić information content (AvgIpc) is 2.62. The van der Waals surface area contributed by atoms with Crippen molar-refractivity contribution in [2.24, 2.45) is 0 Å². The van der Waals surface area contributed by atoms with Gasteiger partial charge >= 0.3 is 0 Å². The highest BCUT2D eigenvalue weighted by Gasteiger charge is 2.21. The summed E-state index contributed by atoms with van der Waals surface area (Å²) in [6, 6.07) is 16.6. The normalized spacial score (nSPS) is 13.6. The highest BCUT2D eigenvalue weighted by Crippen LogP contribution is 2.36. The summed E-state index contributed by atoms with van der Waals surface area (Å²) < 4.78 is 0. The maximum Gasteiger partial charge on any atom is 0.221 e. The molecule has 0 spiro atoms. The lowest BCUT2D eigenvalue weighted by molar-refractivity contribution is -0.114. The van der Waals surface area contributed by atoms with Crippen molar-refractivity contribution in [2.75, 3.05) is 16.8 Å². The molecule has 0 saturated carbocycles. The summed E-state index contributed by atoms with van der Waals surface area (Å²) >= 11 is 0. The molecule has 1 N–H and O–H groups in total. The third-order valence-electron chi connectivity index (χ3n) is 4.70. The van der Waals surface area contributed by atoms with Crippen LogP contribution in [0.4, 0.5) is 11.4 Å². The van der Waals surface area contributed by atoms with Crippen LogP contribution in [0.1, 0.15) is 24.5 Å². The van der Waals surface area contributed by atoms with E-state index in [0.717, 1.165) is 48.2 Å². The maximum atomic E-state index is 11.6. The molecule has 25 heavy (non-hydrogen) atoms. The van der Waals surface area contributed by atoms with Crippen LogP contribution in [-0.4, -0.2) is 17.4 Å². The van der Waals surface area contributed by atoms with E-state index in [2.05, 4.69) is 45.5 Å². The molecule has 0 radical (unpaired) electrons. The Hall–Kier alpha value is -2.88. The molecule has 0 atom stereocenters. The summed E-state index contributed by atoms with van der Waals surface area (Å²) in [6.45, 7) is 3.33. The maximum absolute atomic E-state index is 11.6. The minimum atomic E-state index is -0.0363. The molecule has 1 aliphatic heterocycles. The van der Waals surface area contributed by atoms with Gasteiger partial charge in [-0.15, -0.1) is 0 Å². The molecule has 3 aromatic rings. The van der Waals surface area contributed by atoms with Gasteiger partial charge in [-0.2, -0.15) is 0 Å². The van der Waals surface area contributed by atoms with E-state index in [9.17, 15) is 4.79 Å². The molecule has 0 saturated heterocycles. The summed E-state index contributed by atoms with van der Waals surface area (Å²) in [6.07, 6.45) is 4.01. The third kappa shape index (κ3) is 3.07. The van der Waals surface area contributed by atoms with Gasteiger partial charge < -0.3 is 10.2 Å². The van der Waals surface area contributed by atoms with Crippen molar-refractivity contribution >= 4 is 28.2 Å². The molecule has 4 nitrogen and oxygen atoms in total. The fourth-order valence-electron chi connectivity index (χ4n) is 3.69. The number of aryl methyl sites for hydroxylation is 1. The average molecular weight is 331 g/mol. The summed E-state index contributed by atoms with van der Waals surface area (Å²) in [5, 5.41) is 4.15. The predicted octanol–water partition coefficient (Wildman–Crippen LogP) is 4.15. The standard InChI is InChI=1S/C21H21N3O/c1-15(25)23-19-11-3-7-17-10-5-13-24(21(17)19)14-18-8-2-6-16-9-4-12-22-20(16)18/h2-4,6-9,11-12H,5,10,13-14H2,1H3,(H,23,25). The zero-order chi connectivity index (χ0) is 17.2. The Kier molecular flexibility index (Phi) is 4.10. The fourth-order valence-corrected chi connectivity index (χ4v) is 3.69. The lowest BCUT2D eigenvalue weighted by atomic mass is 9.99. The van der Waals surface area contributed by atoms with Crippen LogP contribution in [0.2, 0.25) is 0 Å². The van der Waals surface area contributed by atoms with Gasteiger partial charge in [-0.3, -0.25) is 9.78 Å². The lowest BCUT2D eigenvalue weighted by Gasteiger charge is -2.33. The molecule has 2 heterocycles. The summed E-state index contributed by atoms with van der Waals surface area (Å²) in [5.74, 6) is -0.0363.